The normalized spacial score (nSPS) is 9.09. The Labute approximate surface area is 88.4 Å². The van der Waals surface area contributed by atoms with Gasteiger partial charge in [0.1, 0.15) is 6.61 Å². The van der Waals surface area contributed by atoms with E-state index in [2.05, 4.69) is 24.8 Å². The van der Waals surface area contributed by atoms with Crippen LogP contribution in [0.2, 0.25) is 0 Å². The molecule has 0 radical (unpaired) electrons. The maximum Gasteiger partial charge on any atom is 0.216 e. The van der Waals surface area contributed by atoms with Gasteiger partial charge in [-0.3, -0.25) is 0 Å². The number of ether oxygens (including phenoxy) is 2. The van der Waals surface area contributed by atoms with Crippen molar-refractivity contribution >= 4 is 29.2 Å². The molecule has 0 aliphatic rings. The van der Waals surface area contributed by atoms with E-state index >= 15 is 0 Å². The van der Waals surface area contributed by atoms with Crippen molar-refractivity contribution < 1.29 is 26.0 Å². The largest absolute Gasteiger partial charge is 0.476 e. The fraction of sp³-hybridized carbons (Fsp3) is 0.833. The molecule has 0 unspecified atom stereocenters. The summed E-state index contributed by atoms with van der Waals surface area (Å²) in [6, 6.07) is 0. The molecule has 0 aromatic carbocycles. The Bertz CT molecular complexity index is 109. The van der Waals surface area contributed by atoms with Crippen LogP contribution >= 0.6 is 24.8 Å². The van der Waals surface area contributed by atoms with E-state index in [1.54, 1.807) is 0 Å². The van der Waals surface area contributed by atoms with Crippen LogP contribution in [0.3, 0.4) is 0 Å². The second kappa shape index (κ2) is 8.79. The summed E-state index contributed by atoms with van der Waals surface area (Å²) in [5, 5.41) is 0. The minimum Gasteiger partial charge on any atom is -0.476 e. The van der Waals surface area contributed by atoms with Gasteiger partial charge in [0.05, 0.1) is 12.7 Å². The monoisotopic (exact) mass is 238 g/mol. The van der Waals surface area contributed by atoms with Gasteiger partial charge in [0.25, 0.3) is 0 Å². The van der Waals surface area contributed by atoms with Crippen molar-refractivity contribution in [1.82, 2.24) is 0 Å². The van der Waals surface area contributed by atoms with Gasteiger partial charge in [0, 0.05) is 16.5 Å². The van der Waals surface area contributed by atoms with Gasteiger partial charge in [-0.1, -0.05) is 12.6 Å². The van der Waals surface area contributed by atoms with Gasteiger partial charge in [-0.25, -0.2) is 0 Å². The molecule has 0 fully saturated rings. The molecular formula is C6H12NiO2S2. The summed E-state index contributed by atoms with van der Waals surface area (Å²) in [7, 11) is 0. The third kappa shape index (κ3) is 13.7. The smallest absolute Gasteiger partial charge is 0.216 e. The quantitative estimate of drug-likeness (QED) is 0.348. The van der Waals surface area contributed by atoms with Crippen molar-refractivity contribution in [2.24, 2.45) is 0 Å². The Morgan fingerprint density at radius 3 is 2.36 bits per heavy atom. The molecule has 0 spiro atoms. The van der Waals surface area contributed by atoms with Gasteiger partial charge in [0.15, 0.2) is 0 Å². The van der Waals surface area contributed by atoms with Crippen LogP contribution in [0, 0.1) is 0 Å². The maximum absolute atomic E-state index is 5.17. The molecule has 0 rings (SSSR count). The summed E-state index contributed by atoms with van der Waals surface area (Å²) in [5.41, 5.74) is 0. The summed E-state index contributed by atoms with van der Waals surface area (Å²) < 4.78 is 10.3. The molecule has 5 heteroatoms. The third-order valence-corrected chi connectivity index (χ3v) is 1.01. The van der Waals surface area contributed by atoms with E-state index in [9.17, 15) is 0 Å². The minimum atomic E-state index is 0. The number of thiol groups is 1. The Hall–Kier alpha value is 0.694. The zero-order valence-electron chi connectivity index (χ0n) is 6.48. The first-order chi connectivity index (χ1) is 4.63. The van der Waals surface area contributed by atoms with Crippen molar-refractivity contribution in [2.75, 3.05) is 13.2 Å². The van der Waals surface area contributed by atoms with Gasteiger partial charge < -0.3 is 9.47 Å². The minimum absolute atomic E-state index is 0. The van der Waals surface area contributed by atoms with Crippen LogP contribution in [0.4, 0.5) is 0 Å². The first kappa shape index (κ1) is 14.2. The summed E-state index contributed by atoms with van der Waals surface area (Å²) >= 11 is 8.34. The fourth-order valence-electron chi connectivity index (χ4n) is 0.413. The van der Waals surface area contributed by atoms with Crippen molar-refractivity contribution in [3.05, 3.63) is 0 Å². The summed E-state index contributed by atoms with van der Waals surface area (Å²) in [5.74, 6) is 0. The first-order valence-corrected chi connectivity index (χ1v) is 3.96. The molecule has 70 valence electrons. The molecule has 0 amide bonds. The van der Waals surface area contributed by atoms with Gasteiger partial charge in [-0.2, -0.15) is 0 Å². The molecule has 0 N–H and O–H groups in total. The molecular weight excluding hydrogens is 227 g/mol. The Kier molecular flexibility index (Phi) is 11.4. The van der Waals surface area contributed by atoms with Crippen LogP contribution in [-0.4, -0.2) is 23.7 Å². The predicted molar refractivity (Wildman–Crippen MR) is 48.6 cm³/mol. The zero-order chi connectivity index (χ0) is 7.98. The van der Waals surface area contributed by atoms with Crippen molar-refractivity contribution in [2.45, 2.75) is 20.0 Å². The van der Waals surface area contributed by atoms with Crippen LogP contribution in [0.15, 0.2) is 0 Å². The summed E-state index contributed by atoms with van der Waals surface area (Å²) in [4.78, 5) is 0. The van der Waals surface area contributed by atoms with Crippen LogP contribution < -0.4 is 0 Å². The standard InChI is InChI=1S/C6H12O2S2.Ni/c1-5(2)7-3-4-8-6(9)10;/h5H,3-4H2,1-2H3,(H,9,10);. The molecule has 0 saturated heterocycles. The SMILES string of the molecule is CC(C)OCCOC(=S)S.[Ni]. The van der Waals surface area contributed by atoms with E-state index in [-0.39, 0.29) is 27.0 Å². The number of hydrogen-bond acceptors (Lipinski definition) is 3. The molecule has 0 heterocycles. The van der Waals surface area contributed by atoms with Gasteiger partial charge in [-0.05, 0) is 26.1 Å². The number of thiocarbonyl (C=S) groups is 1. The predicted octanol–water partition coefficient (Wildman–Crippen LogP) is 1.64. The van der Waals surface area contributed by atoms with Gasteiger partial charge in [0.2, 0.25) is 4.38 Å². The second-order valence-corrected chi connectivity index (χ2v) is 3.11. The Morgan fingerprint density at radius 1 is 1.45 bits per heavy atom. The van der Waals surface area contributed by atoms with E-state index in [0.29, 0.717) is 13.2 Å². The van der Waals surface area contributed by atoms with Crippen molar-refractivity contribution in [3.63, 3.8) is 0 Å². The van der Waals surface area contributed by atoms with E-state index < -0.39 is 0 Å². The van der Waals surface area contributed by atoms with Crippen molar-refractivity contribution in [3.8, 4) is 0 Å². The molecule has 0 aromatic rings. The first-order valence-electron chi connectivity index (χ1n) is 3.10. The molecule has 2 nitrogen and oxygen atoms in total. The molecule has 0 aromatic heterocycles. The molecule has 0 aliphatic heterocycles. The Balaban J connectivity index is 0. The topological polar surface area (TPSA) is 18.5 Å². The maximum atomic E-state index is 5.17. The molecule has 11 heavy (non-hydrogen) atoms. The number of rotatable bonds is 4. The van der Waals surface area contributed by atoms with Crippen LogP contribution in [0.5, 0.6) is 0 Å². The molecule has 0 bridgehead atoms. The average Bonchev–Trinajstić information content (AvgIpc) is 1.79. The third-order valence-electron chi connectivity index (χ3n) is 0.760. The average molecular weight is 239 g/mol. The van der Waals surface area contributed by atoms with Crippen LogP contribution in [-0.2, 0) is 26.0 Å². The molecule has 0 aliphatic carbocycles. The zero-order valence-corrected chi connectivity index (χ0v) is 9.18. The van der Waals surface area contributed by atoms with E-state index in [1.165, 1.54) is 0 Å². The summed E-state index contributed by atoms with van der Waals surface area (Å²) in [6.07, 6.45) is 0.247. The van der Waals surface area contributed by atoms with Crippen LogP contribution in [0.1, 0.15) is 13.8 Å². The molecule has 0 atom stereocenters. The van der Waals surface area contributed by atoms with E-state index in [0.717, 1.165) is 0 Å². The molecule has 0 saturated carbocycles. The summed E-state index contributed by atoms with van der Waals surface area (Å²) in [6.45, 7) is 5.00. The van der Waals surface area contributed by atoms with Crippen LogP contribution in [0.25, 0.3) is 0 Å². The fourth-order valence-corrected chi connectivity index (χ4v) is 0.587. The van der Waals surface area contributed by atoms with E-state index in [1.807, 2.05) is 13.8 Å². The van der Waals surface area contributed by atoms with Crippen molar-refractivity contribution in [1.29, 1.82) is 0 Å². The Morgan fingerprint density at radius 2 is 2.00 bits per heavy atom. The number of hydrogen-bond donors (Lipinski definition) is 1. The second-order valence-electron chi connectivity index (χ2n) is 2.03. The van der Waals surface area contributed by atoms with E-state index in [4.69, 9.17) is 9.47 Å². The van der Waals surface area contributed by atoms with Gasteiger partial charge >= 0.3 is 0 Å². The van der Waals surface area contributed by atoms with Gasteiger partial charge in [-0.15, -0.1) is 0 Å².